The number of para-hydroxylation sites is 1. The highest BCUT2D eigenvalue weighted by Gasteiger charge is 2.25. The van der Waals surface area contributed by atoms with E-state index < -0.39 is 0 Å². The number of hydrogen-bond donors (Lipinski definition) is 1. The second-order valence-electron chi connectivity index (χ2n) is 4.27. The third-order valence-electron chi connectivity index (χ3n) is 3.31. The summed E-state index contributed by atoms with van der Waals surface area (Å²) in [5.41, 5.74) is 2.49. The first-order chi connectivity index (χ1) is 7.34. The van der Waals surface area contributed by atoms with Crippen molar-refractivity contribution >= 4 is 16.7 Å². The largest absolute Gasteiger partial charge is 0.361 e. The van der Waals surface area contributed by atoms with Gasteiger partial charge < -0.3 is 4.98 Å². The van der Waals surface area contributed by atoms with Crippen LogP contribution in [0.15, 0.2) is 30.5 Å². The molecule has 15 heavy (non-hydrogen) atoms. The van der Waals surface area contributed by atoms with E-state index in [-0.39, 0.29) is 0 Å². The van der Waals surface area contributed by atoms with Crippen molar-refractivity contribution in [2.45, 2.75) is 25.2 Å². The zero-order valence-electron chi connectivity index (χ0n) is 8.49. The summed E-state index contributed by atoms with van der Waals surface area (Å²) in [4.78, 5) is 14.5. The van der Waals surface area contributed by atoms with Crippen LogP contribution in [-0.4, -0.2) is 10.8 Å². The molecule has 1 fully saturated rings. The molecule has 2 aromatic rings. The zero-order valence-corrected chi connectivity index (χ0v) is 8.49. The van der Waals surface area contributed by atoms with Gasteiger partial charge in [0.1, 0.15) is 5.78 Å². The van der Waals surface area contributed by atoms with Crippen LogP contribution < -0.4 is 0 Å². The monoisotopic (exact) mass is 199 g/mol. The third-order valence-corrected chi connectivity index (χ3v) is 3.31. The van der Waals surface area contributed by atoms with Crippen molar-refractivity contribution in [3.8, 4) is 0 Å². The number of rotatable bonds is 1. The van der Waals surface area contributed by atoms with Gasteiger partial charge in [-0.2, -0.15) is 0 Å². The average molecular weight is 199 g/mol. The third kappa shape index (κ3) is 1.37. The van der Waals surface area contributed by atoms with Crippen molar-refractivity contribution in [3.05, 3.63) is 36.0 Å². The molecule has 1 N–H and O–H groups in total. The van der Waals surface area contributed by atoms with Crippen molar-refractivity contribution in [1.29, 1.82) is 0 Å². The quantitative estimate of drug-likeness (QED) is 0.752. The summed E-state index contributed by atoms with van der Waals surface area (Å²) in [7, 11) is 0. The van der Waals surface area contributed by atoms with Crippen LogP contribution >= 0.6 is 0 Å². The van der Waals surface area contributed by atoms with E-state index in [4.69, 9.17) is 0 Å². The number of fused-ring (bicyclic) bond motifs is 1. The van der Waals surface area contributed by atoms with Gasteiger partial charge in [-0.1, -0.05) is 18.2 Å². The first-order valence-electron chi connectivity index (χ1n) is 5.42. The van der Waals surface area contributed by atoms with Gasteiger partial charge in [0.05, 0.1) is 0 Å². The zero-order chi connectivity index (χ0) is 10.3. The molecule has 0 unspecified atom stereocenters. The number of aromatic nitrogens is 1. The van der Waals surface area contributed by atoms with E-state index in [1.165, 1.54) is 16.5 Å². The topological polar surface area (TPSA) is 32.9 Å². The van der Waals surface area contributed by atoms with Crippen LogP contribution in [-0.2, 0) is 4.79 Å². The summed E-state index contributed by atoms with van der Waals surface area (Å²) in [6.07, 6.45) is 4.56. The Bertz CT molecular complexity index is 512. The molecule has 0 amide bonds. The minimum atomic E-state index is 0.408. The van der Waals surface area contributed by atoms with Gasteiger partial charge in [-0.3, -0.25) is 4.79 Å². The lowest BCUT2D eigenvalue weighted by Gasteiger charge is -2.05. The van der Waals surface area contributed by atoms with Gasteiger partial charge in [-0.25, -0.2) is 0 Å². The van der Waals surface area contributed by atoms with Gasteiger partial charge in [0.2, 0.25) is 0 Å². The number of ketones is 1. The lowest BCUT2D eigenvalue weighted by Crippen LogP contribution is -1.92. The molecule has 0 radical (unpaired) electrons. The molecule has 0 aliphatic heterocycles. The molecule has 1 saturated carbocycles. The van der Waals surface area contributed by atoms with Crippen LogP contribution in [0.4, 0.5) is 0 Å². The second kappa shape index (κ2) is 3.23. The summed E-state index contributed by atoms with van der Waals surface area (Å²) in [5.74, 6) is 0.846. The highest BCUT2D eigenvalue weighted by atomic mass is 16.1. The lowest BCUT2D eigenvalue weighted by atomic mass is 9.97. The van der Waals surface area contributed by atoms with E-state index in [1.54, 1.807) is 0 Å². The number of carbonyl (C=O) groups excluding carboxylic acids is 1. The van der Waals surface area contributed by atoms with Gasteiger partial charge in [0.15, 0.2) is 0 Å². The Morgan fingerprint density at radius 2 is 2.13 bits per heavy atom. The van der Waals surface area contributed by atoms with Crippen molar-refractivity contribution in [3.63, 3.8) is 0 Å². The van der Waals surface area contributed by atoms with E-state index >= 15 is 0 Å². The Hall–Kier alpha value is -1.57. The van der Waals surface area contributed by atoms with Gasteiger partial charge in [-0.15, -0.1) is 0 Å². The Morgan fingerprint density at radius 3 is 2.93 bits per heavy atom. The summed E-state index contributed by atoms with van der Waals surface area (Å²) in [6, 6.07) is 8.29. The number of hydrogen-bond acceptors (Lipinski definition) is 1. The summed E-state index contributed by atoms with van der Waals surface area (Å²) < 4.78 is 0. The van der Waals surface area contributed by atoms with Crippen molar-refractivity contribution in [2.75, 3.05) is 0 Å². The Balaban J connectivity index is 2.07. The molecule has 1 aromatic heterocycles. The van der Waals surface area contributed by atoms with Crippen LogP contribution in [0.25, 0.3) is 10.9 Å². The molecule has 1 aromatic carbocycles. The fourth-order valence-corrected chi connectivity index (χ4v) is 2.51. The first-order valence-corrected chi connectivity index (χ1v) is 5.42. The summed E-state index contributed by atoms with van der Waals surface area (Å²) in [6.45, 7) is 0. The Kier molecular flexibility index (Phi) is 1.88. The molecule has 2 nitrogen and oxygen atoms in total. The molecule has 0 spiro atoms. The molecule has 3 rings (SSSR count). The van der Waals surface area contributed by atoms with E-state index in [0.29, 0.717) is 11.7 Å². The van der Waals surface area contributed by atoms with Crippen molar-refractivity contribution < 1.29 is 4.79 Å². The van der Waals surface area contributed by atoms with E-state index in [9.17, 15) is 4.79 Å². The fourth-order valence-electron chi connectivity index (χ4n) is 2.51. The second-order valence-corrected chi connectivity index (χ2v) is 4.27. The minimum Gasteiger partial charge on any atom is -0.361 e. The Morgan fingerprint density at radius 1 is 1.27 bits per heavy atom. The minimum absolute atomic E-state index is 0.408. The molecular formula is C13H13NO. The molecule has 0 bridgehead atoms. The highest BCUT2D eigenvalue weighted by molar-refractivity contribution is 5.87. The molecule has 76 valence electrons. The number of nitrogens with one attached hydrogen (secondary N) is 1. The van der Waals surface area contributed by atoms with Crippen molar-refractivity contribution in [2.24, 2.45) is 0 Å². The van der Waals surface area contributed by atoms with Gasteiger partial charge >= 0.3 is 0 Å². The number of carbonyl (C=O) groups is 1. The number of aromatic amines is 1. The molecule has 1 aliphatic carbocycles. The SMILES string of the molecule is O=C1CC[C@H](c2c[nH]c3ccccc23)C1. The smallest absolute Gasteiger partial charge is 0.133 e. The van der Waals surface area contributed by atoms with Crippen LogP contribution in [0.5, 0.6) is 0 Å². The van der Waals surface area contributed by atoms with E-state index in [1.807, 2.05) is 6.07 Å². The maximum atomic E-state index is 11.3. The van der Waals surface area contributed by atoms with E-state index in [0.717, 1.165) is 19.3 Å². The lowest BCUT2D eigenvalue weighted by molar-refractivity contribution is -0.117. The standard InChI is InChI=1S/C13H13NO/c15-10-6-5-9(7-10)12-8-14-13-4-2-1-3-11(12)13/h1-4,8-9,14H,5-7H2/t9-/m0/s1. The van der Waals surface area contributed by atoms with E-state index in [2.05, 4.69) is 29.4 Å². The average Bonchev–Trinajstić information content (AvgIpc) is 2.83. The van der Waals surface area contributed by atoms with Crippen molar-refractivity contribution in [1.82, 2.24) is 4.98 Å². The molecule has 0 saturated heterocycles. The number of benzene rings is 1. The number of Topliss-reactive ketones (excluding diaryl/α,β-unsaturated/α-hetero) is 1. The van der Waals surface area contributed by atoms with Gasteiger partial charge in [-0.05, 0) is 24.0 Å². The molecular weight excluding hydrogens is 186 g/mol. The normalized spacial score (nSPS) is 21.3. The van der Waals surface area contributed by atoms with Gasteiger partial charge in [0.25, 0.3) is 0 Å². The van der Waals surface area contributed by atoms with Crippen LogP contribution in [0.1, 0.15) is 30.7 Å². The maximum Gasteiger partial charge on any atom is 0.133 e. The van der Waals surface area contributed by atoms with Crippen LogP contribution in [0, 0.1) is 0 Å². The predicted octanol–water partition coefficient (Wildman–Crippen LogP) is 3.00. The predicted molar refractivity (Wildman–Crippen MR) is 59.9 cm³/mol. The first kappa shape index (κ1) is 8.72. The highest BCUT2D eigenvalue weighted by Crippen LogP contribution is 2.35. The molecule has 2 heteroatoms. The molecule has 1 heterocycles. The van der Waals surface area contributed by atoms with Crippen LogP contribution in [0.2, 0.25) is 0 Å². The number of H-pyrrole nitrogens is 1. The maximum absolute atomic E-state index is 11.3. The fraction of sp³-hybridized carbons (Fsp3) is 0.308. The summed E-state index contributed by atoms with van der Waals surface area (Å²) >= 11 is 0. The van der Waals surface area contributed by atoms with Crippen LogP contribution in [0.3, 0.4) is 0 Å². The Labute approximate surface area is 88.3 Å². The molecule has 1 atom stereocenters. The molecule has 1 aliphatic rings. The summed E-state index contributed by atoms with van der Waals surface area (Å²) in [5, 5.41) is 1.28. The van der Waals surface area contributed by atoms with Gasteiger partial charge in [0, 0.05) is 29.9 Å².